The quantitative estimate of drug-likeness (QED) is 0.285. The van der Waals surface area contributed by atoms with Gasteiger partial charge >= 0.3 is 5.97 Å². The van der Waals surface area contributed by atoms with Gasteiger partial charge in [0, 0.05) is 7.11 Å². The second kappa shape index (κ2) is 11.8. The molecule has 36 heavy (non-hydrogen) atoms. The topological polar surface area (TPSA) is 111 Å². The molecule has 0 unspecified atom stereocenters. The van der Waals surface area contributed by atoms with Gasteiger partial charge in [0.2, 0.25) is 10.0 Å². The largest absolute Gasteiger partial charge is 0.497 e. The van der Waals surface area contributed by atoms with E-state index in [1.54, 1.807) is 49.6 Å². The number of terminal acetylenes is 1. The van der Waals surface area contributed by atoms with Gasteiger partial charge in [-0.05, 0) is 41.0 Å². The summed E-state index contributed by atoms with van der Waals surface area (Å²) in [7, 11) is -1.34. The highest BCUT2D eigenvalue weighted by molar-refractivity contribution is 7.89. The molecule has 2 N–H and O–H groups in total. The molecular weight excluding hydrogens is 482 g/mol. The third kappa shape index (κ3) is 5.75. The van der Waals surface area contributed by atoms with Crippen LogP contribution in [0.2, 0.25) is 0 Å². The maximum Gasteiger partial charge on any atom is 0.333 e. The Morgan fingerprint density at radius 3 is 2.06 bits per heavy atom. The lowest BCUT2D eigenvalue weighted by Crippen LogP contribution is -2.59. The molecule has 0 saturated heterocycles. The molecule has 0 heterocycles. The minimum atomic E-state index is -4.36. The van der Waals surface area contributed by atoms with E-state index in [9.17, 15) is 18.3 Å². The zero-order valence-electron chi connectivity index (χ0n) is 19.9. The van der Waals surface area contributed by atoms with Gasteiger partial charge in [-0.3, -0.25) is 0 Å². The van der Waals surface area contributed by atoms with Crippen molar-refractivity contribution in [1.82, 2.24) is 4.72 Å². The molecule has 0 spiro atoms. The fourth-order valence-corrected chi connectivity index (χ4v) is 5.02. The van der Waals surface area contributed by atoms with Crippen LogP contribution < -0.4 is 9.46 Å². The zero-order valence-corrected chi connectivity index (χ0v) is 20.7. The van der Waals surface area contributed by atoms with Crippen LogP contribution in [0.5, 0.6) is 5.75 Å². The Hall–Kier alpha value is -3.68. The molecule has 0 aliphatic carbocycles. The van der Waals surface area contributed by atoms with Crippen molar-refractivity contribution in [3.05, 3.63) is 84.4 Å². The van der Waals surface area contributed by atoms with Gasteiger partial charge in [0.25, 0.3) is 0 Å². The maximum atomic E-state index is 13.5. The van der Waals surface area contributed by atoms with Crippen LogP contribution in [-0.4, -0.2) is 53.0 Å². The fraction of sp³-hybridized carbons (Fsp3) is 0.222. The molecule has 0 fully saturated rings. The van der Waals surface area contributed by atoms with E-state index in [-0.39, 0.29) is 23.7 Å². The van der Waals surface area contributed by atoms with Crippen molar-refractivity contribution in [3.8, 4) is 29.2 Å². The number of rotatable bonds is 12. The molecule has 0 aliphatic rings. The molecule has 3 aromatic rings. The summed E-state index contributed by atoms with van der Waals surface area (Å²) in [5.74, 6) is 1.49. The van der Waals surface area contributed by atoms with Gasteiger partial charge < -0.3 is 19.3 Å². The first-order valence-electron chi connectivity index (χ1n) is 10.9. The predicted molar refractivity (Wildman–Crippen MR) is 135 cm³/mol. The van der Waals surface area contributed by atoms with Crippen LogP contribution in [0.3, 0.4) is 0 Å². The number of sulfonamides is 1. The summed E-state index contributed by atoms with van der Waals surface area (Å²) in [5.41, 5.74) is -0.544. The third-order valence-corrected chi connectivity index (χ3v) is 7.05. The molecule has 3 aromatic carbocycles. The number of carboxylic acids is 1. The number of carboxylic acid groups (broad SMARTS) is 1. The Bertz CT molecular complexity index is 1300. The number of ether oxygens (including phenoxy) is 3. The van der Waals surface area contributed by atoms with Crippen LogP contribution in [0.25, 0.3) is 11.1 Å². The summed E-state index contributed by atoms with van der Waals surface area (Å²) in [6.07, 6.45) is 4.18. The number of aliphatic carboxylic acids is 1. The van der Waals surface area contributed by atoms with Crippen molar-refractivity contribution in [2.75, 3.05) is 27.4 Å². The molecule has 0 amide bonds. The summed E-state index contributed by atoms with van der Waals surface area (Å²) in [6.45, 7) is 0.105. The molecule has 2 atom stereocenters. The SMILES string of the molecule is C#C[C@H](OCCOC)[C@@](NS(=O)(=O)c1ccc(-c2ccc(OC)cc2)cc1)(C(=O)O)c1ccccc1. The van der Waals surface area contributed by atoms with Crippen LogP contribution >= 0.6 is 0 Å². The van der Waals surface area contributed by atoms with E-state index in [0.29, 0.717) is 5.75 Å². The first-order chi connectivity index (χ1) is 17.3. The molecule has 0 aromatic heterocycles. The molecule has 0 saturated carbocycles. The molecular formula is C27H27NO7S. The Balaban J connectivity index is 2.01. The number of hydrogen-bond donors (Lipinski definition) is 2. The molecule has 188 valence electrons. The number of nitrogens with one attached hydrogen (secondary N) is 1. The van der Waals surface area contributed by atoms with Crippen molar-refractivity contribution in [2.24, 2.45) is 0 Å². The smallest absolute Gasteiger partial charge is 0.333 e. The average Bonchev–Trinajstić information content (AvgIpc) is 2.90. The highest BCUT2D eigenvalue weighted by atomic mass is 32.2. The van der Waals surface area contributed by atoms with E-state index in [2.05, 4.69) is 10.6 Å². The Kier molecular flexibility index (Phi) is 8.85. The van der Waals surface area contributed by atoms with Crippen LogP contribution in [0.15, 0.2) is 83.8 Å². The summed E-state index contributed by atoms with van der Waals surface area (Å²) in [4.78, 5) is 12.6. The summed E-state index contributed by atoms with van der Waals surface area (Å²) < 4.78 is 45.0. The lowest BCUT2D eigenvalue weighted by molar-refractivity contribution is -0.150. The van der Waals surface area contributed by atoms with Gasteiger partial charge in [-0.15, -0.1) is 6.42 Å². The Labute approximate surface area is 210 Å². The van der Waals surface area contributed by atoms with Crippen molar-refractivity contribution in [2.45, 2.75) is 16.5 Å². The Morgan fingerprint density at radius 2 is 1.56 bits per heavy atom. The highest BCUT2D eigenvalue weighted by Gasteiger charge is 2.51. The zero-order chi connectivity index (χ0) is 26.2. The van der Waals surface area contributed by atoms with Gasteiger partial charge in [-0.1, -0.05) is 60.5 Å². The summed E-state index contributed by atoms with van der Waals surface area (Å²) >= 11 is 0. The van der Waals surface area contributed by atoms with Crippen LogP contribution in [-0.2, 0) is 29.8 Å². The normalized spacial score (nSPS) is 13.8. The number of hydrogen-bond acceptors (Lipinski definition) is 6. The predicted octanol–water partition coefficient (Wildman–Crippen LogP) is 3.29. The molecule has 0 radical (unpaired) electrons. The Morgan fingerprint density at radius 1 is 0.972 bits per heavy atom. The maximum absolute atomic E-state index is 13.5. The second-order valence-corrected chi connectivity index (χ2v) is 9.43. The van der Waals surface area contributed by atoms with Crippen LogP contribution in [0, 0.1) is 12.3 Å². The van der Waals surface area contributed by atoms with Crippen molar-refractivity contribution in [3.63, 3.8) is 0 Å². The number of methoxy groups -OCH3 is 2. The van der Waals surface area contributed by atoms with Gasteiger partial charge in [-0.2, -0.15) is 4.72 Å². The standard InChI is InChI=1S/C27H27NO7S/c1-4-25(35-19-18-33-2)27(26(29)30,22-8-6-5-7-9-22)28-36(31,32)24-16-12-21(13-17-24)20-10-14-23(34-3)15-11-20/h1,5-17,25,28H,18-19H2,2-3H3,(H,29,30)/t25-,27+/m0/s1. The molecule has 3 rings (SSSR count). The van der Waals surface area contributed by atoms with E-state index in [0.717, 1.165) is 11.1 Å². The molecule has 0 aliphatic heterocycles. The summed E-state index contributed by atoms with van der Waals surface area (Å²) in [6, 6.07) is 21.2. The lowest BCUT2D eigenvalue weighted by atomic mass is 9.85. The van der Waals surface area contributed by atoms with Gasteiger partial charge in [0.05, 0.1) is 25.2 Å². The first-order valence-corrected chi connectivity index (χ1v) is 12.4. The molecule has 8 nitrogen and oxygen atoms in total. The van der Waals surface area contributed by atoms with E-state index in [1.165, 1.54) is 31.4 Å². The van der Waals surface area contributed by atoms with Gasteiger partial charge in [0.1, 0.15) is 5.75 Å². The monoisotopic (exact) mass is 509 g/mol. The van der Waals surface area contributed by atoms with Gasteiger partial charge in [0.15, 0.2) is 11.6 Å². The van der Waals surface area contributed by atoms with E-state index in [4.69, 9.17) is 20.6 Å². The van der Waals surface area contributed by atoms with Gasteiger partial charge in [-0.25, -0.2) is 13.2 Å². The van der Waals surface area contributed by atoms with E-state index < -0.39 is 27.6 Å². The average molecular weight is 510 g/mol. The second-order valence-electron chi connectivity index (χ2n) is 7.75. The van der Waals surface area contributed by atoms with Crippen LogP contribution in [0.4, 0.5) is 0 Å². The first kappa shape index (κ1) is 26.9. The lowest BCUT2D eigenvalue weighted by Gasteiger charge is -2.35. The van der Waals surface area contributed by atoms with Crippen LogP contribution in [0.1, 0.15) is 5.56 Å². The van der Waals surface area contributed by atoms with E-state index >= 15 is 0 Å². The minimum Gasteiger partial charge on any atom is -0.497 e. The minimum absolute atomic E-state index is 0.0362. The van der Waals surface area contributed by atoms with Crippen molar-refractivity contribution in [1.29, 1.82) is 0 Å². The van der Waals surface area contributed by atoms with E-state index in [1.807, 2.05) is 12.1 Å². The fourth-order valence-electron chi connectivity index (χ4n) is 3.67. The highest BCUT2D eigenvalue weighted by Crippen LogP contribution is 2.31. The van der Waals surface area contributed by atoms with Crippen molar-refractivity contribution >= 4 is 16.0 Å². The van der Waals surface area contributed by atoms with Crippen molar-refractivity contribution < 1.29 is 32.5 Å². The molecule has 9 heteroatoms. The number of carbonyl (C=O) groups is 1. The number of benzene rings is 3. The molecule has 0 bridgehead atoms. The summed E-state index contributed by atoms with van der Waals surface area (Å²) in [5, 5.41) is 10.3. The third-order valence-electron chi connectivity index (χ3n) is 5.57.